The Morgan fingerprint density at radius 2 is 1.83 bits per heavy atom. The fourth-order valence-electron chi connectivity index (χ4n) is 3.02. The van der Waals surface area contributed by atoms with E-state index in [0.717, 1.165) is 37.1 Å². The minimum absolute atomic E-state index is 0.0357. The van der Waals surface area contributed by atoms with Gasteiger partial charge in [0.15, 0.2) is 0 Å². The van der Waals surface area contributed by atoms with Gasteiger partial charge in [0.25, 0.3) is 5.91 Å². The molecule has 0 radical (unpaired) electrons. The van der Waals surface area contributed by atoms with E-state index in [4.69, 9.17) is 0 Å². The molecule has 1 aliphatic rings. The van der Waals surface area contributed by atoms with Gasteiger partial charge in [0, 0.05) is 37.2 Å². The van der Waals surface area contributed by atoms with Crippen molar-refractivity contribution >= 4 is 21.8 Å². The fourth-order valence-corrected chi connectivity index (χ4v) is 3.38. The summed E-state index contributed by atoms with van der Waals surface area (Å²) in [7, 11) is 0. The van der Waals surface area contributed by atoms with Crippen LogP contribution in [-0.2, 0) is 6.54 Å². The van der Waals surface area contributed by atoms with Crippen molar-refractivity contribution in [3.05, 3.63) is 64.1 Å². The number of aromatic hydroxyl groups is 1. The van der Waals surface area contributed by atoms with Crippen molar-refractivity contribution < 1.29 is 9.90 Å². The summed E-state index contributed by atoms with van der Waals surface area (Å²) >= 11 is 3.36. The lowest BCUT2D eigenvalue weighted by molar-refractivity contribution is 0.0758. The molecule has 0 atom stereocenters. The van der Waals surface area contributed by atoms with E-state index in [1.54, 1.807) is 18.2 Å². The molecule has 2 aromatic carbocycles. The molecule has 0 saturated carbocycles. The smallest absolute Gasteiger partial charge is 0.257 e. The van der Waals surface area contributed by atoms with E-state index in [2.05, 4.69) is 45.1 Å². The molecule has 1 aliphatic heterocycles. The molecule has 1 heterocycles. The number of hydrogen-bond acceptors (Lipinski definition) is 3. The Bertz CT molecular complexity index is 706. The third kappa shape index (κ3) is 4.16. The standard InChI is InChI=1S/C19H21BrN2O2/c20-16-7-8-18(23)17(13-16)19(24)22-10-4-9-21(11-12-22)14-15-5-2-1-3-6-15/h1-3,5-8,13,23H,4,9-12,14H2. The zero-order chi connectivity index (χ0) is 16.9. The molecule has 126 valence electrons. The zero-order valence-electron chi connectivity index (χ0n) is 13.5. The van der Waals surface area contributed by atoms with Crippen LogP contribution in [-0.4, -0.2) is 47.0 Å². The van der Waals surface area contributed by atoms with Crippen LogP contribution in [0.1, 0.15) is 22.3 Å². The molecule has 1 fully saturated rings. The zero-order valence-corrected chi connectivity index (χ0v) is 15.1. The summed E-state index contributed by atoms with van der Waals surface area (Å²) in [4.78, 5) is 16.9. The van der Waals surface area contributed by atoms with Crippen molar-refractivity contribution in [2.24, 2.45) is 0 Å². The van der Waals surface area contributed by atoms with E-state index in [9.17, 15) is 9.90 Å². The largest absolute Gasteiger partial charge is 0.507 e. The van der Waals surface area contributed by atoms with Gasteiger partial charge < -0.3 is 10.0 Å². The highest BCUT2D eigenvalue weighted by molar-refractivity contribution is 9.10. The third-order valence-electron chi connectivity index (χ3n) is 4.31. The number of rotatable bonds is 3. The lowest BCUT2D eigenvalue weighted by Gasteiger charge is -2.22. The Morgan fingerprint density at radius 3 is 2.62 bits per heavy atom. The topological polar surface area (TPSA) is 43.8 Å². The average molecular weight is 389 g/mol. The molecule has 0 aliphatic carbocycles. The van der Waals surface area contributed by atoms with Gasteiger partial charge in [0.1, 0.15) is 5.75 Å². The first kappa shape index (κ1) is 17.0. The van der Waals surface area contributed by atoms with Crippen LogP contribution < -0.4 is 0 Å². The molecule has 0 aromatic heterocycles. The highest BCUT2D eigenvalue weighted by Crippen LogP contribution is 2.24. The van der Waals surface area contributed by atoms with Gasteiger partial charge in [0.05, 0.1) is 5.56 Å². The van der Waals surface area contributed by atoms with Gasteiger partial charge >= 0.3 is 0 Å². The minimum atomic E-state index is -0.102. The lowest BCUT2D eigenvalue weighted by atomic mass is 10.1. The molecule has 24 heavy (non-hydrogen) atoms. The molecule has 1 saturated heterocycles. The summed E-state index contributed by atoms with van der Waals surface area (Å²) in [5.41, 5.74) is 1.66. The summed E-state index contributed by atoms with van der Waals surface area (Å²) < 4.78 is 0.796. The molecule has 3 rings (SSSR count). The maximum atomic E-state index is 12.7. The second-order valence-electron chi connectivity index (χ2n) is 6.07. The van der Waals surface area contributed by atoms with Gasteiger partial charge in [-0.05, 0) is 30.2 Å². The predicted octanol–water partition coefficient (Wildman–Crippen LogP) is 3.50. The average Bonchev–Trinajstić information content (AvgIpc) is 2.83. The monoisotopic (exact) mass is 388 g/mol. The Hall–Kier alpha value is -1.85. The molecule has 0 bridgehead atoms. The predicted molar refractivity (Wildman–Crippen MR) is 98.0 cm³/mol. The van der Waals surface area contributed by atoms with E-state index in [1.165, 1.54) is 5.56 Å². The van der Waals surface area contributed by atoms with E-state index in [1.807, 2.05) is 11.0 Å². The van der Waals surface area contributed by atoms with Crippen molar-refractivity contribution in [3.8, 4) is 5.75 Å². The van der Waals surface area contributed by atoms with Crippen LogP contribution >= 0.6 is 15.9 Å². The van der Waals surface area contributed by atoms with E-state index < -0.39 is 0 Å². The lowest BCUT2D eigenvalue weighted by Crippen LogP contribution is -2.35. The van der Waals surface area contributed by atoms with Gasteiger partial charge in [-0.3, -0.25) is 9.69 Å². The Balaban J connectivity index is 1.65. The third-order valence-corrected chi connectivity index (χ3v) is 4.81. The number of nitrogens with zero attached hydrogens (tertiary/aromatic N) is 2. The number of phenols is 1. The molecule has 2 aromatic rings. The van der Waals surface area contributed by atoms with Crippen molar-refractivity contribution in [2.45, 2.75) is 13.0 Å². The number of phenolic OH excluding ortho intramolecular Hbond substituents is 1. The Labute approximate surface area is 150 Å². The number of hydrogen-bond donors (Lipinski definition) is 1. The normalized spacial score (nSPS) is 16.0. The minimum Gasteiger partial charge on any atom is -0.507 e. The van der Waals surface area contributed by atoms with Crippen LogP contribution in [0.4, 0.5) is 0 Å². The van der Waals surface area contributed by atoms with Crippen LogP contribution in [0.3, 0.4) is 0 Å². The van der Waals surface area contributed by atoms with Crippen molar-refractivity contribution in [3.63, 3.8) is 0 Å². The summed E-state index contributed by atoms with van der Waals surface area (Å²) in [6, 6.07) is 15.4. The number of carbonyl (C=O) groups is 1. The van der Waals surface area contributed by atoms with Crippen molar-refractivity contribution in [1.82, 2.24) is 9.80 Å². The van der Waals surface area contributed by atoms with Gasteiger partial charge in [-0.2, -0.15) is 0 Å². The number of benzene rings is 2. The summed E-state index contributed by atoms with van der Waals surface area (Å²) in [5, 5.41) is 9.97. The maximum Gasteiger partial charge on any atom is 0.257 e. The summed E-state index contributed by atoms with van der Waals surface area (Å²) in [6.07, 6.45) is 0.938. The maximum absolute atomic E-state index is 12.7. The highest BCUT2D eigenvalue weighted by Gasteiger charge is 2.22. The Morgan fingerprint density at radius 1 is 1.04 bits per heavy atom. The second-order valence-corrected chi connectivity index (χ2v) is 6.98. The first-order chi connectivity index (χ1) is 11.6. The summed E-state index contributed by atoms with van der Waals surface area (Å²) in [6.45, 7) is 4.12. The number of amides is 1. The summed E-state index contributed by atoms with van der Waals surface area (Å²) in [5.74, 6) is -0.0658. The molecule has 0 spiro atoms. The van der Waals surface area contributed by atoms with E-state index in [0.29, 0.717) is 12.1 Å². The number of carbonyl (C=O) groups excluding carboxylic acids is 1. The molecule has 5 heteroatoms. The molecule has 1 amide bonds. The van der Waals surface area contributed by atoms with Crippen LogP contribution in [0.25, 0.3) is 0 Å². The molecule has 1 N–H and O–H groups in total. The van der Waals surface area contributed by atoms with Crippen LogP contribution in [0.5, 0.6) is 5.75 Å². The Kier molecular flexibility index (Phi) is 5.53. The molecule has 4 nitrogen and oxygen atoms in total. The van der Waals surface area contributed by atoms with E-state index in [-0.39, 0.29) is 11.7 Å². The van der Waals surface area contributed by atoms with Crippen molar-refractivity contribution in [2.75, 3.05) is 26.2 Å². The fraction of sp³-hybridized carbons (Fsp3) is 0.316. The second kappa shape index (κ2) is 7.81. The van der Waals surface area contributed by atoms with Gasteiger partial charge in [-0.25, -0.2) is 0 Å². The molecular weight excluding hydrogens is 368 g/mol. The first-order valence-corrected chi connectivity index (χ1v) is 8.97. The molecule has 0 unspecified atom stereocenters. The number of halogens is 1. The van der Waals surface area contributed by atoms with Crippen molar-refractivity contribution in [1.29, 1.82) is 0 Å². The van der Waals surface area contributed by atoms with Crippen LogP contribution in [0.15, 0.2) is 53.0 Å². The van der Waals surface area contributed by atoms with E-state index >= 15 is 0 Å². The SMILES string of the molecule is O=C(c1cc(Br)ccc1O)N1CCCN(Cc2ccccc2)CC1. The first-order valence-electron chi connectivity index (χ1n) is 8.17. The quantitative estimate of drug-likeness (QED) is 0.874. The highest BCUT2D eigenvalue weighted by atomic mass is 79.9. The van der Waals surface area contributed by atoms with Crippen LogP contribution in [0, 0.1) is 0 Å². The molecular formula is C19H21BrN2O2. The van der Waals surface area contributed by atoms with Gasteiger partial charge in [-0.1, -0.05) is 46.3 Å². The van der Waals surface area contributed by atoms with Crippen LogP contribution in [0.2, 0.25) is 0 Å². The van der Waals surface area contributed by atoms with Gasteiger partial charge in [0.2, 0.25) is 0 Å². The van der Waals surface area contributed by atoms with Gasteiger partial charge in [-0.15, -0.1) is 0 Å².